The van der Waals surface area contributed by atoms with Crippen LogP contribution < -0.4 is 4.74 Å². The van der Waals surface area contributed by atoms with Crippen molar-refractivity contribution in [1.82, 2.24) is 0 Å². The van der Waals surface area contributed by atoms with E-state index in [1.165, 1.54) is 19.4 Å². The Kier molecular flexibility index (Phi) is 3.40. The molecule has 0 fully saturated rings. The first-order valence-electron chi connectivity index (χ1n) is 5.20. The molecule has 0 radical (unpaired) electrons. The maximum absolute atomic E-state index is 11.4. The average molecular weight is 228 g/mol. The van der Waals surface area contributed by atoms with Crippen LogP contribution in [0.25, 0.3) is 10.8 Å². The molecule has 0 bridgehead atoms. The monoisotopic (exact) mass is 228 g/mol. The number of rotatable bonds is 3. The highest BCUT2D eigenvalue weighted by Crippen LogP contribution is 2.25. The van der Waals surface area contributed by atoms with Crippen molar-refractivity contribution in [2.24, 2.45) is 0 Å². The first kappa shape index (κ1) is 11.2. The van der Waals surface area contributed by atoms with Gasteiger partial charge in [-0.2, -0.15) is 0 Å². The van der Waals surface area contributed by atoms with Crippen molar-refractivity contribution in [2.45, 2.75) is 0 Å². The van der Waals surface area contributed by atoms with Gasteiger partial charge >= 0.3 is 5.97 Å². The number of hydrogen-bond acceptors (Lipinski definition) is 3. The van der Waals surface area contributed by atoms with Crippen LogP contribution in [0, 0.1) is 0 Å². The highest BCUT2D eigenvalue weighted by Gasteiger charge is 2.04. The number of ether oxygens (including phenoxy) is 2. The van der Waals surface area contributed by atoms with Crippen LogP contribution in [0.3, 0.4) is 0 Å². The van der Waals surface area contributed by atoms with Crippen molar-refractivity contribution in [2.75, 3.05) is 7.11 Å². The van der Waals surface area contributed by atoms with E-state index >= 15 is 0 Å². The molecule has 0 N–H and O–H groups in total. The lowest BCUT2D eigenvalue weighted by Gasteiger charge is -2.05. The number of fused-ring (bicyclic) bond motifs is 1. The minimum atomic E-state index is -0.455. The predicted molar refractivity (Wildman–Crippen MR) is 65.7 cm³/mol. The molecule has 0 atom stereocenters. The van der Waals surface area contributed by atoms with E-state index in [1.54, 1.807) is 6.07 Å². The van der Waals surface area contributed by atoms with Gasteiger partial charge in [0.25, 0.3) is 0 Å². The topological polar surface area (TPSA) is 35.5 Å². The smallest absolute Gasteiger partial charge is 0.339 e. The van der Waals surface area contributed by atoms with Gasteiger partial charge in [-0.15, -0.1) is 0 Å². The summed E-state index contributed by atoms with van der Waals surface area (Å²) in [6, 6.07) is 13.3. The minimum absolute atomic E-state index is 0.455. The molecule has 2 aromatic rings. The van der Waals surface area contributed by atoms with Gasteiger partial charge in [-0.3, -0.25) is 0 Å². The summed E-state index contributed by atoms with van der Waals surface area (Å²) in [5, 5.41) is 1.95. The zero-order valence-corrected chi connectivity index (χ0v) is 9.42. The highest BCUT2D eigenvalue weighted by atomic mass is 16.5. The van der Waals surface area contributed by atoms with Gasteiger partial charge in [-0.1, -0.05) is 36.4 Å². The molecule has 0 heterocycles. The molecular weight excluding hydrogens is 216 g/mol. The summed E-state index contributed by atoms with van der Waals surface area (Å²) in [4.78, 5) is 11.4. The summed E-state index contributed by atoms with van der Waals surface area (Å²) in [5.41, 5.74) is 0. The Morgan fingerprint density at radius 2 is 1.88 bits per heavy atom. The van der Waals surface area contributed by atoms with Crippen LogP contribution in [-0.2, 0) is 9.53 Å². The Morgan fingerprint density at radius 1 is 1.12 bits per heavy atom. The van der Waals surface area contributed by atoms with Crippen LogP contribution in [0.1, 0.15) is 0 Å². The Morgan fingerprint density at radius 3 is 2.71 bits per heavy atom. The van der Waals surface area contributed by atoms with Gasteiger partial charge in [-0.05, 0) is 11.5 Å². The van der Waals surface area contributed by atoms with Gasteiger partial charge < -0.3 is 9.47 Å². The lowest BCUT2D eigenvalue weighted by atomic mass is 10.1. The van der Waals surface area contributed by atoms with Crippen LogP contribution >= 0.6 is 0 Å². The fourth-order valence-corrected chi connectivity index (χ4v) is 1.55. The van der Waals surface area contributed by atoms with Crippen molar-refractivity contribution in [3.63, 3.8) is 0 Å². The number of carbonyl (C=O) groups is 1. The zero-order valence-electron chi connectivity index (χ0n) is 9.42. The summed E-state index contributed by atoms with van der Waals surface area (Å²) >= 11 is 0. The molecular formula is C14H12O3. The van der Waals surface area contributed by atoms with Crippen LogP contribution in [0.5, 0.6) is 5.75 Å². The first-order valence-corrected chi connectivity index (χ1v) is 5.20. The van der Waals surface area contributed by atoms with Gasteiger partial charge in [0.2, 0.25) is 0 Å². The van der Waals surface area contributed by atoms with E-state index in [9.17, 15) is 4.79 Å². The van der Waals surface area contributed by atoms with Crippen LogP contribution in [-0.4, -0.2) is 13.1 Å². The van der Waals surface area contributed by atoms with Gasteiger partial charge in [0, 0.05) is 5.39 Å². The molecule has 0 unspecified atom stereocenters. The van der Waals surface area contributed by atoms with E-state index in [1.807, 2.05) is 36.4 Å². The highest BCUT2D eigenvalue weighted by molar-refractivity contribution is 5.92. The zero-order chi connectivity index (χ0) is 12.1. The van der Waals surface area contributed by atoms with E-state index in [-0.39, 0.29) is 0 Å². The average Bonchev–Trinajstić information content (AvgIpc) is 2.37. The van der Waals surface area contributed by atoms with E-state index in [0.717, 1.165) is 10.8 Å². The fourth-order valence-electron chi connectivity index (χ4n) is 1.55. The lowest BCUT2D eigenvalue weighted by Crippen LogP contribution is -2.04. The lowest BCUT2D eigenvalue weighted by molar-refractivity contribution is -0.129. The minimum Gasteiger partial charge on any atom is -0.504 e. The normalized spacial score (nSPS) is 10.6. The fraction of sp³-hybridized carbons (Fsp3) is 0.0714. The standard InChI is InChI=1S/C14H12O3/c1-16-10-9-14(15)17-13-8-4-6-11-5-2-3-7-12(11)13/h2-10H,1H3/b10-9+. The second kappa shape index (κ2) is 5.16. The Bertz CT molecular complexity index is 553. The maximum Gasteiger partial charge on any atom is 0.339 e. The number of benzene rings is 2. The largest absolute Gasteiger partial charge is 0.504 e. The van der Waals surface area contributed by atoms with E-state index in [4.69, 9.17) is 4.74 Å². The van der Waals surface area contributed by atoms with Gasteiger partial charge in [-0.25, -0.2) is 4.79 Å². The molecule has 0 saturated carbocycles. The van der Waals surface area contributed by atoms with Crippen molar-refractivity contribution < 1.29 is 14.3 Å². The van der Waals surface area contributed by atoms with Crippen molar-refractivity contribution in [3.8, 4) is 5.75 Å². The van der Waals surface area contributed by atoms with Crippen molar-refractivity contribution in [1.29, 1.82) is 0 Å². The van der Waals surface area contributed by atoms with Crippen LogP contribution in [0.15, 0.2) is 54.8 Å². The summed E-state index contributed by atoms with van der Waals surface area (Å²) in [5.74, 6) is 0.0945. The van der Waals surface area contributed by atoms with Gasteiger partial charge in [0.15, 0.2) is 0 Å². The quantitative estimate of drug-likeness (QED) is 0.350. The third-order valence-electron chi connectivity index (χ3n) is 2.30. The SMILES string of the molecule is CO/C=C/C(=O)Oc1cccc2ccccc12. The predicted octanol–water partition coefficient (Wildman–Crippen LogP) is 2.91. The van der Waals surface area contributed by atoms with Crippen molar-refractivity contribution >= 4 is 16.7 Å². The molecule has 86 valence electrons. The molecule has 0 saturated heterocycles. The second-order valence-electron chi connectivity index (χ2n) is 3.44. The van der Waals surface area contributed by atoms with Crippen LogP contribution in [0.4, 0.5) is 0 Å². The van der Waals surface area contributed by atoms with Gasteiger partial charge in [0.1, 0.15) is 5.75 Å². The molecule has 0 aliphatic carbocycles. The Hall–Kier alpha value is -2.29. The summed E-state index contributed by atoms with van der Waals surface area (Å²) in [7, 11) is 1.47. The van der Waals surface area contributed by atoms with Crippen LogP contribution in [0.2, 0.25) is 0 Å². The molecule has 3 nitrogen and oxygen atoms in total. The molecule has 2 rings (SSSR count). The van der Waals surface area contributed by atoms with E-state index in [2.05, 4.69) is 4.74 Å². The molecule has 0 aromatic heterocycles. The van der Waals surface area contributed by atoms with Crippen molar-refractivity contribution in [3.05, 3.63) is 54.8 Å². The third-order valence-corrected chi connectivity index (χ3v) is 2.30. The third kappa shape index (κ3) is 2.64. The molecule has 17 heavy (non-hydrogen) atoms. The number of carbonyl (C=O) groups excluding carboxylic acids is 1. The molecule has 0 aliphatic heterocycles. The van der Waals surface area contributed by atoms with E-state index in [0.29, 0.717) is 5.75 Å². The Labute approximate surface area is 99.3 Å². The summed E-state index contributed by atoms with van der Waals surface area (Å²) in [6.07, 6.45) is 2.52. The molecule has 0 aliphatic rings. The maximum atomic E-state index is 11.4. The first-order chi connectivity index (χ1) is 8.31. The molecule has 2 aromatic carbocycles. The second-order valence-corrected chi connectivity index (χ2v) is 3.44. The molecule has 3 heteroatoms. The molecule has 0 spiro atoms. The summed E-state index contributed by atoms with van der Waals surface area (Å²) in [6.45, 7) is 0. The number of hydrogen-bond donors (Lipinski definition) is 0. The molecule has 0 amide bonds. The number of methoxy groups -OCH3 is 1. The number of esters is 1. The van der Waals surface area contributed by atoms with Gasteiger partial charge in [0.05, 0.1) is 19.4 Å². The Balaban J connectivity index is 2.30. The summed E-state index contributed by atoms with van der Waals surface area (Å²) < 4.78 is 9.88. The van der Waals surface area contributed by atoms with E-state index < -0.39 is 5.97 Å².